The fourth-order valence-electron chi connectivity index (χ4n) is 15.3. The minimum absolute atomic E-state index is 0.0433. The summed E-state index contributed by atoms with van der Waals surface area (Å²) in [5.41, 5.74) is 18.5. The van der Waals surface area contributed by atoms with Crippen LogP contribution < -0.4 is 9.64 Å². The fraction of sp³-hybridized carbons (Fsp3) is 0.368. The van der Waals surface area contributed by atoms with E-state index in [4.69, 9.17) is 4.74 Å². The van der Waals surface area contributed by atoms with E-state index in [1.54, 1.807) is 0 Å². The molecule has 4 saturated carbocycles. The van der Waals surface area contributed by atoms with Gasteiger partial charge in [-0.15, -0.1) is 0 Å². The standard InChI is InChI=1S/C57H55NO/c1-53(2)27-28-54(3,4)51-39(14-11-17-44(51)53)35-21-23-37(24-22-35)58(38-25-26-41-40-13-7-8-15-42(40)55(5,6)45(41)32-38)46-18-12-20-48-52(46)57(43-16-9-10-19-47(43)59-48)49-30-34-29-36-31-50(57)56(36,49)33-34/h7-26,32,34,36,49-50H,27-31,33H2,1-6H3. The summed E-state index contributed by atoms with van der Waals surface area (Å²) in [6, 6.07) is 49.1. The Morgan fingerprint density at radius 2 is 1.19 bits per heavy atom. The highest BCUT2D eigenvalue weighted by Gasteiger charge is 2.84. The van der Waals surface area contributed by atoms with Crippen LogP contribution in [0.3, 0.4) is 0 Å². The van der Waals surface area contributed by atoms with Crippen molar-refractivity contribution in [2.24, 2.45) is 29.1 Å². The molecule has 1 heterocycles. The van der Waals surface area contributed by atoms with E-state index in [0.717, 1.165) is 23.3 Å². The molecule has 4 fully saturated rings. The van der Waals surface area contributed by atoms with Crippen LogP contribution in [0.25, 0.3) is 22.3 Å². The molecule has 0 N–H and O–H groups in total. The third kappa shape index (κ3) is 4.15. The number of anilines is 3. The van der Waals surface area contributed by atoms with Gasteiger partial charge in [-0.3, -0.25) is 0 Å². The molecule has 294 valence electrons. The number of hydrogen-bond acceptors (Lipinski definition) is 2. The van der Waals surface area contributed by atoms with Gasteiger partial charge >= 0.3 is 0 Å². The summed E-state index contributed by atoms with van der Waals surface area (Å²) in [6.45, 7) is 14.6. The number of rotatable bonds is 4. The van der Waals surface area contributed by atoms with E-state index in [2.05, 4.69) is 174 Å². The number of nitrogens with zero attached hydrogens (tertiary/aromatic N) is 1. The van der Waals surface area contributed by atoms with E-state index in [0.29, 0.717) is 17.3 Å². The predicted octanol–water partition coefficient (Wildman–Crippen LogP) is 14.9. The Morgan fingerprint density at radius 3 is 2.02 bits per heavy atom. The van der Waals surface area contributed by atoms with Crippen LogP contribution in [0.5, 0.6) is 11.5 Å². The molecule has 0 aromatic heterocycles. The molecule has 59 heavy (non-hydrogen) atoms. The molecule has 1 aliphatic heterocycles. The van der Waals surface area contributed by atoms with Crippen LogP contribution in [0.1, 0.15) is 113 Å². The van der Waals surface area contributed by atoms with Crippen molar-refractivity contribution in [3.05, 3.63) is 161 Å². The third-order valence-electron chi connectivity index (χ3n) is 17.8. The Morgan fingerprint density at radius 1 is 0.525 bits per heavy atom. The molecule has 2 heteroatoms. The van der Waals surface area contributed by atoms with Crippen LogP contribution in [0.4, 0.5) is 17.1 Å². The monoisotopic (exact) mass is 769 g/mol. The van der Waals surface area contributed by atoms with Crippen molar-refractivity contribution < 1.29 is 4.74 Å². The minimum atomic E-state index is -0.103. The highest BCUT2D eigenvalue weighted by Crippen LogP contribution is 2.90. The Balaban J connectivity index is 1.02. The Hall–Kier alpha value is -5.08. The summed E-state index contributed by atoms with van der Waals surface area (Å²) in [7, 11) is 0. The number of ether oxygens (including phenoxy) is 1. The molecule has 0 saturated heterocycles. The molecule has 6 aromatic rings. The van der Waals surface area contributed by atoms with Gasteiger partial charge < -0.3 is 9.64 Å². The van der Waals surface area contributed by atoms with Gasteiger partial charge in [-0.2, -0.15) is 0 Å². The van der Waals surface area contributed by atoms with Gasteiger partial charge in [0.2, 0.25) is 0 Å². The van der Waals surface area contributed by atoms with Gasteiger partial charge in [-0.1, -0.05) is 126 Å². The summed E-state index contributed by atoms with van der Waals surface area (Å²) >= 11 is 0. The van der Waals surface area contributed by atoms with Crippen LogP contribution in [0.15, 0.2) is 127 Å². The maximum atomic E-state index is 7.05. The van der Waals surface area contributed by atoms with E-state index in [9.17, 15) is 0 Å². The SMILES string of the molecule is CC1(C)CCC(C)(C)c2c(-c3ccc(N(c4ccc5c(c4)C(C)(C)c4ccccc4-5)c4cccc5c4C4(c6ccccc6O5)C5CC6CC7CC4C75C6)cc3)cccc21. The molecular formula is C57H55NO. The Bertz CT molecular complexity index is 2790. The summed E-state index contributed by atoms with van der Waals surface area (Å²) in [5.74, 6) is 5.25. The van der Waals surface area contributed by atoms with Crippen molar-refractivity contribution in [2.45, 2.75) is 102 Å². The molecule has 0 radical (unpaired) electrons. The summed E-state index contributed by atoms with van der Waals surface area (Å²) in [5, 5.41) is 0. The van der Waals surface area contributed by atoms with Crippen molar-refractivity contribution in [3.8, 4) is 33.8 Å². The first-order chi connectivity index (χ1) is 28.4. The lowest BCUT2D eigenvalue weighted by atomic mass is 9.26. The Labute approximate surface area is 350 Å². The summed E-state index contributed by atoms with van der Waals surface area (Å²) in [4.78, 5) is 2.61. The second-order valence-corrected chi connectivity index (χ2v) is 21.6. The quantitative estimate of drug-likeness (QED) is 0.177. The second kappa shape index (κ2) is 11.2. The van der Waals surface area contributed by atoms with Crippen LogP contribution in [-0.2, 0) is 21.7 Å². The first-order valence-electron chi connectivity index (χ1n) is 22.6. The average Bonchev–Trinajstić information content (AvgIpc) is 3.85. The van der Waals surface area contributed by atoms with Crippen LogP contribution in [-0.4, -0.2) is 0 Å². The largest absolute Gasteiger partial charge is 0.457 e. The van der Waals surface area contributed by atoms with Gasteiger partial charge in [0.15, 0.2) is 0 Å². The minimum Gasteiger partial charge on any atom is -0.457 e. The molecule has 0 amide bonds. The molecule has 6 unspecified atom stereocenters. The summed E-state index contributed by atoms with van der Waals surface area (Å²) in [6.07, 6.45) is 8.02. The van der Waals surface area contributed by atoms with Crippen molar-refractivity contribution in [2.75, 3.05) is 4.90 Å². The second-order valence-electron chi connectivity index (χ2n) is 21.6. The summed E-state index contributed by atoms with van der Waals surface area (Å²) < 4.78 is 7.05. The van der Waals surface area contributed by atoms with E-state index >= 15 is 0 Å². The molecule has 2 bridgehead atoms. The molecule has 6 atom stereocenters. The number of hydrogen-bond donors (Lipinski definition) is 0. The molecule has 6 aliphatic carbocycles. The zero-order chi connectivity index (χ0) is 39.8. The fourth-order valence-corrected chi connectivity index (χ4v) is 15.3. The zero-order valence-electron chi connectivity index (χ0n) is 35.5. The smallest absolute Gasteiger partial charge is 0.133 e. The number of benzene rings is 6. The van der Waals surface area contributed by atoms with Gasteiger partial charge in [0.1, 0.15) is 11.5 Å². The molecule has 6 aromatic carbocycles. The zero-order valence-corrected chi connectivity index (χ0v) is 35.5. The first-order valence-corrected chi connectivity index (χ1v) is 22.6. The maximum Gasteiger partial charge on any atom is 0.133 e. The predicted molar refractivity (Wildman–Crippen MR) is 242 cm³/mol. The van der Waals surface area contributed by atoms with E-state index in [1.807, 2.05) is 0 Å². The highest BCUT2D eigenvalue weighted by atomic mass is 16.5. The highest BCUT2D eigenvalue weighted by molar-refractivity contribution is 5.88. The Kier molecular flexibility index (Phi) is 6.59. The average molecular weight is 770 g/mol. The molecule has 2 nitrogen and oxygen atoms in total. The molecule has 13 rings (SSSR count). The first kappa shape index (κ1) is 34.8. The molecular weight excluding hydrogens is 715 g/mol. The van der Waals surface area contributed by atoms with E-state index in [-0.39, 0.29) is 21.7 Å². The van der Waals surface area contributed by atoms with Crippen molar-refractivity contribution in [1.82, 2.24) is 0 Å². The van der Waals surface area contributed by atoms with Gasteiger partial charge in [0.25, 0.3) is 0 Å². The molecule has 2 spiro atoms. The lowest BCUT2D eigenvalue weighted by Crippen LogP contribution is -2.74. The van der Waals surface area contributed by atoms with Crippen molar-refractivity contribution in [1.29, 1.82) is 0 Å². The topological polar surface area (TPSA) is 12.5 Å². The number of fused-ring (bicyclic) bond motifs is 11. The normalized spacial score (nSPS) is 29.5. The van der Waals surface area contributed by atoms with Crippen LogP contribution in [0, 0.1) is 29.1 Å². The lowest BCUT2D eigenvalue weighted by Gasteiger charge is -2.77. The van der Waals surface area contributed by atoms with Crippen LogP contribution >= 0.6 is 0 Å². The van der Waals surface area contributed by atoms with E-state index < -0.39 is 0 Å². The molecule has 7 aliphatic rings. The maximum absolute atomic E-state index is 7.05. The van der Waals surface area contributed by atoms with E-state index in [1.165, 1.54) is 111 Å². The van der Waals surface area contributed by atoms with Crippen molar-refractivity contribution in [3.63, 3.8) is 0 Å². The van der Waals surface area contributed by atoms with Gasteiger partial charge in [-0.05, 0) is 165 Å². The third-order valence-corrected chi connectivity index (χ3v) is 17.8. The van der Waals surface area contributed by atoms with Crippen molar-refractivity contribution >= 4 is 17.1 Å². The van der Waals surface area contributed by atoms with Gasteiger partial charge in [-0.25, -0.2) is 0 Å². The lowest BCUT2D eigenvalue weighted by molar-refractivity contribution is -0.234. The van der Waals surface area contributed by atoms with Crippen LogP contribution in [0.2, 0.25) is 0 Å². The van der Waals surface area contributed by atoms with Gasteiger partial charge in [0, 0.05) is 33.3 Å². The number of para-hydroxylation sites is 1. The van der Waals surface area contributed by atoms with Gasteiger partial charge in [0.05, 0.1) is 5.69 Å².